The van der Waals surface area contributed by atoms with Crippen LogP contribution >= 0.6 is 0 Å². The van der Waals surface area contributed by atoms with Gasteiger partial charge in [0.2, 0.25) is 0 Å². The Kier molecular flexibility index (Phi) is 3.75. The van der Waals surface area contributed by atoms with E-state index in [1.165, 1.54) is 19.3 Å². The maximum Gasteiger partial charge on any atom is 0.0476 e. The van der Waals surface area contributed by atoms with Crippen LogP contribution in [0.2, 0.25) is 25.2 Å². The van der Waals surface area contributed by atoms with E-state index in [9.17, 15) is 0 Å². The summed E-state index contributed by atoms with van der Waals surface area (Å²) >= 11 is 0. The predicted octanol–water partition coefficient (Wildman–Crippen LogP) is 6.32. The molecule has 1 aromatic carbocycles. The molecule has 6 unspecified atom stereocenters. The van der Waals surface area contributed by atoms with Crippen LogP contribution in [0.4, 0.5) is 0 Å². The molecule has 3 aliphatic carbocycles. The fraction of sp³-hybridized carbons (Fsp3) is 0.714. The molecule has 0 aliphatic heterocycles. The van der Waals surface area contributed by atoms with Crippen LogP contribution < -0.4 is 0 Å². The van der Waals surface area contributed by atoms with E-state index in [0.29, 0.717) is 0 Å². The molecule has 22 heavy (non-hydrogen) atoms. The van der Waals surface area contributed by atoms with Crippen LogP contribution in [0.1, 0.15) is 50.0 Å². The van der Waals surface area contributed by atoms with E-state index in [0.717, 1.165) is 35.1 Å². The third-order valence-electron chi connectivity index (χ3n) is 7.40. The van der Waals surface area contributed by atoms with Gasteiger partial charge in [0.05, 0.1) is 0 Å². The molecule has 4 rings (SSSR count). The van der Waals surface area contributed by atoms with Crippen LogP contribution in [0.5, 0.6) is 0 Å². The van der Waals surface area contributed by atoms with Gasteiger partial charge in [0.1, 0.15) is 0 Å². The molecule has 0 radical (unpaired) electrons. The van der Waals surface area contributed by atoms with Gasteiger partial charge in [-0.2, -0.15) is 0 Å². The number of rotatable bonds is 2. The van der Waals surface area contributed by atoms with Crippen LogP contribution in [0, 0.1) is 23.7 Å². The van der Waals surface area contributed by atoms with E-state index in [-0.39, 0.29) is 0 Å². The first-order valence-corrected chi connectivity index (χ1v) is 13.2. The van der Waals surface area contributed by atoms with Crippen molar-refractivity contribution in [3.05, 3.63) is 35.9 Å². The summed E-state index contributed by atoms with van der Waals surface area (Å²) in [5, 5.41) is 0. The minimum absolute atomic E-state index is 0.865. The largest absolute Gasteiger partial charge is 0.0693 e. The molecule has 120 valence electrons. The van der Waals surface area contributed by atoms with Gasteiger partial charge in [-0.1, -0.05) is 69.2 Å². The van der Waals surface area contributed by atoms with Crippen molar-refractivity contribution in [2.24, 2.45) is 23.7 Å². The minimum atomic E-state index is -1.05. The lowest BCUT2D eigenvalue weighted by Gasteiger charge is -2.41. The third kappa shape index (κ3) is 2.50. The van der Waals surface area contributed by atoms with Crippen molar-refractivity contribution in [2.75, 3.05) is 0 Å². The Labute approximate surface area is 137 Å². The molecule has 0 nitrogen and oxygen atoms in total. The fourth-order valence-corrected chi connectivity index (χ4v) is 9.04. The van der Waals surface area contributed by atoms with Crippen molar-refractivity contribution in [3.63, 3.8) is 0 Å². The highest BCUT2D eigenvalue weighted by Crippen LogP contribution is 2.62. The van der Waals surface area contributed by atoms with Crippen molar-refractivity contribution >= 4 is 8.07 Å². The molecule has 0 heterocycles. The smallest absolute Gasteiger partial charge is 0.0476 e. The molecule has 1 aromatic rings. The zero-order valence-corrected chi connectivity index (χ0v) is 15.6. The average Bonchev–Trinajstić information content (AvgIpc) is 3.08. The molecule has 3 aliphatic rings. The number of hydrogen-bond donors (Lipinski definition) is 0. The molecule has 0 amide bonds. The van der Waals surface area contributed by atoms with Gasteiger partial charge in [0, 0.05) is 8.07 Å². The van der Waals surface area contributed by atoms with E-state index in [4.69, 9.17) is 0 Å². The Morgan fingerprint density at radius 3 is 2.09 bits per heavy atom. The molecular formula is C21H32Si. The Hall–Kier alpha value is -0.563. The second kappa shape index (κ2) is 5.51. The zero-order valence-electron chi connectivity index (χ0n) is 14.6. The van der Waals surface area contributed by atoms with Crippen LogP contribution in [0.15, 0.2) is 30.3 Å². The van der Waals surface area contributed by atoms with Gasteiger partial charge in [-0.05, 0) is 60.0 Å². The Morgan fingerprint density at radius 1 is 0.818 bits per heavy atom. The lowest BCUT2D eigenvalue weighted by molar-refractivity contribution is 0.146. The van der Waals surface area contributed by atoms with Gasteiger partial charge in [0.15, 0.2) is 0 Å². The van der Waals surface area contributed by atoms with Crippen LogP contribution in [0.25, 0.3) is 0 Å². The minimum Gasteiger partial charge on any atom is -0.0693 e. The molecule has 0 spiro atoms. The van der Waals surface area contributed by atoms with Crippen molar-refractivity contribution in [3.8, 4) is 0 Å². The molecule has 0 N–H and O–H groups in total. The summed E-state index contributed by atoms with van der Waals surface area (Å²) in [5.74, 6) is 5.08. The van der Waals surface area contributed by atoms with Crippen LogP contribution in [-0.2, 0) is 0 Å². The van der Waals surface area contributed by atoms with E-state index < -0.39 is 8.07 Å². The molecule has 3 saturated carbocycles. The molecule has 0 saturated heterocycles. The molecule has 6 atom stereocenters. The lowest BCUT2D eigenvalue weighted by Crippen LogP contribution is -2.36. The van der Waals surface area contributed by atoms with Crippen molar-refractivity contribution in [1.29, 1.82) is 0 Å². The highest BCUT2D eigenvalue weighted by atomic mass is 28.3. The monoisotopic (exact) mass is 312 g/mol. The Balaban J connectivity index is 1.66. The summed E-state index contributed by atoms with van der Waals surface area (Å²) in [7, 11) is -1.05. The quantitative estimate of drug-likeness (QED) is 0.560. The first-order valence-electron chi connectivity index (χ1n) is 9.59. The van der Waals surface area contributed by atoms with Crippen LogP contribution in [-0.4, -0.2) is 8.07 Å². The van der Waals surface area contributed by atoms with Gasteiger partial charge in [-0.3, -0.25) is 0 Å². The maximum absolute atomic E-state index is 2.63. The van der Waals surface area contributed by atoms with Gasteiger partial charge < -0.3 is 0 Å². The fourth-order valence-electron chi connectivity index (χ4n) is 6.41. The van der Waals surface area contributed by atoms with Crippen molar-refractivity contribution < 1.29 is 0 Å². The SMILES string of the molecule is C[Si](C)(C)C1CC(c2ccccc2)C2CC3CCCC3CC21. The second-order valence-corrected chi connectivity index (χ2v) is 14.9. The molecule has 3 fully saturated rings. The topological polar surface area (TPSA) is 0 Å². The number of fused-ring (bicyclic) bond motifs is 2. The Bertz CT molecular complexity index is 514. The molecule has 1 heteroatoms. The normalized spacial score (nSPS) is 41.2. The zero-order chi connectivity index (χ0) is 15.3. The first-order chi connectivity index (χ1) is 10.5. The first kappa shape index (κ1) is 15.0. The predicted molar refractivity (Wildman–Crippen MR) is 97.9 cm³/mol. The Morgan fingerprint density at radius 2 is 1.45 bits per heavy atom. The van der Waals surface area contributed by atoms with Gasteiger partial charge in [-0.15, -0.1) is 0 Å². The summed E-state index contributed by atoms with van der Waals surface area (Å²) in [6.07, 6.45) is 9.22. The number of hydrogen-bond acceptors (Lipinski definition) is 0. The van der Waals surface area contributed by atoms with Crippen molar-refractivity contribution in [2.45, 2.75) is 69.6 Å². The van der Waals surface area contributed by atoms with Gasteiger partial charge >= 0.3 is 0 Å². The molecule has 0 aromatic heterocycles. The summed E-state index contributed by atoms with van der Waals surface area (Å²) in [4.78, 5) is 0. The number of benzene rings is 1. The summed E-state index contributed by atoms with van der Waals surface area (Å²) < 4.78 is 0. The van der Waals surface area contributed by atoms with E-state index >= 15 is 0 Å². The summed E-state index contributed by atoms with van der Waals surface area (Å²) in [6, 6.07) is 11.5. The molecular weight excluding hydrogens is 280 g/mol. The van der Waals surface area contributed by atoms with E-state index in [1.807, 2.05) is 0 Å². The third-order valence-corrected chi connectivity index (χ3v) is 10.3. The maximum atomic E-state index is 2.63. The highest BCUT2D eigenvalue weighted by Gasteiger charge is 2.52. The highest BCUT2D eigenvalue weighted by molar-refractivity contribution is 6.77. The second-order valence-electron chi connectivity index (χ2n) is 9.48. The van der Waals surface area contributed by atoms with Gasteiger partial charge in [0.25, 0.3) is 0 Å². The molecule has 0 bridgehead atoms. The van der Waals surface area contributed by atoms with E-state index in [1.54, 1.807) is 24.8 Å². The standard InChI is InChI=1S/C21H32Si/c1-22(2,3)21-14-18(15-8-5-4-6-9-15)19-12-16-10-7-11-17(16)13-20(19)21/h4-6,8-9,16-21H,7,10-14H2,1-3H3. The van der Waals surface area contributed by atoms with Crippen LogP contribution in [0.3, 0.4) is 0 Å². The average molecular weight is 313 g/mol. The van der Waals surface area contributed by atoms with Gasteiger partial charge in [-0.25, -0.2) is 0 Å². The lowest BCUT2D eigenvalue weighted by atomic mass is 9.68. The van der Waals surface area contributed by atoms with E-state index in [2.05, 4.69) is 50.0 Å². The summed E-state index contributed by atoms with van der Waals surface area (Å²) in [5.41, 5.74) is 2.71. The summed E-state index contributed by atoms with van der Waals surface area (Å²) in [6.45, 7) is 7.88. The van der Waals surface area contributed by atoms with Crippen molar-refractivity contribution in [1.82, 2.24) is 0 Å².